The van der Waals surface area contributed by atoms with Crippen molar-refractivity contribution < 1.29 is 22.7 Å². The molecule has 1 rings (SSSR count). The zero-order chi connectivity index (χ0) is 11.6. The topological polar surface area (TPSA) is 39.2 Å². The van der Waals surface area contributed by atoms with Crippen molar-refractivity contribution in [1.82, 2.24) is 4.98 Å². The van der Waals surface area contributed by atoms with E-state index in [2.05, 4.69) is 9.72 Å². The van der Waals surface area contributed by atoms with Crippen LogP contribution < -0.4 is 4.74 Å². The number of nitrogens with zero attached hydrogens (tertiary/aromatic N) is 1. The molecule has 82 valence electrons. The van der Waals surface area contributed by atoms with Crippen LogP contribution in [-0.2, 0) is 0 Å². The summed E-state index contributed by atoms with van der Waals surface area (Å²) in [6, 6.07) is 1.08. The molecule has 0 unspecified atom stereocenters. The Hall–Kier alpha value is -1.01. The normalized spacial score (nSPS) is 11.3. The van der Waals surface area contributed by atoms with Crippen LogP contribution in [-0.4, -0.2) is 16.6 Å². The first-order valence-corrected chi connectivity index (χ1v) is 4.17. The second-order valence-electron chi connectivity index (χ2n) is 2.30. The minimum Gasteiger partial charge on any atom is -0.386 e. The van der Waals surface area contributed by atoms with Gasteiger partial charge in [0.15, 0.2) is 0 Å². The first kappa shape index (κ1) is 12.1. The van der Waals surface area contributed by atoms with E-state index in [-0.39, 0.29) is 5.56 Å². The van der Waals surface area contributed by atoms with E-state index < -0.39 is 22.5 Å². The van der Waals surface area contributed by atoms with Crippen LogP contribution >= 0.6 is 23.2 Å². The third-order valence-electron chi connectivity index (χ3n) is 1.28. The molecule has 0 saturated heterocycles. The van der Waals surface area contributed by atoms with Gasteiger partial charge < -0.3 is 4.74 Å². The molecule has 8 heteroatoms. The quantitative estimate of drug-likeness (QED) is 0.767. The van der Waals surface area contributed by atoms with E-state index in [1.54, 1.807) is 0 Å². The lowest BCUT2D eigenvalue weighted by Crippen LogP contribution is -2.18. The number of ether oxygens (including phenoxy) is 1. The molecule has 0 aromatic carbocycles. The number of halogens is 5. The van der Waals surface area contributed by atoms with Crippen molar-refractivity contribution in [2.75, 3.05) is 0 Å². The van der Waals surface area contributed by atoms with E-state index in [0.717, 1.165) is 12.3 Å². The van der Waals surface area contributed by atoms with Crippen molar-refractivity contribution in [1.29, 1.82) is 0 Å². The van der Waals surface area contributed by atoms with E-state index in [0.29, 0.717) is 0 Å². The maximum absolute atomic E-state index is 11.8. The molecule has 0 bridgehead atoms. The number of hydrogen-bond acceptors (Lipinski definition) is 3. The predicted molar refractivity (Wildman–Crippen MR) is 46.1 cm³/mol. The summed E-state index contributed by atoms with van der Waals surface area (Å²) in [5.74, 6) is -0.907. The fourth-order valence-electron chi connectivity index (χ4n) is 0.757. The van der Waals surface area contributed by atoms with Gasteiger partial charge in [-0.1, -0.05) is 11.6 Å². The number of hydrogen-bond donors (Lipinski definition) is 0. The summed E-state index contributed by atoms with van der Waals surface area (Å²) in [6.07, 6.45) is -3.99. The van der Waals surface area contributed by atoms with Gasteiger partial charge in [-0.25, -0.2) is 4.98 Å². The largest absolute Gasteiger partial charge is 0.574 e. The van der Waals surface area contributed by atoms with Gasteiger partial charge in [0.1, 0.15) is 5.02 Å². The molecule has 15 heavy (non-hydrogen) atoms. The van der Waals surface area contributed by atoms with E-state index >= 15 is 0 Å². The molecule has 1 heterocycles. The van der Waals surface area contributed by atoms with Crippen molar-refractivity contribution in [3.05, 3.63) is 22.8 Å². The zero-order valence-electron chi connectivity index (χ0n) is 6.81. The molecule has 1 aromatic rings. The minimum atomic E-state index is -4.93. The van der Waals surface area contributed by atoms with Crippen molar-refractivity contribution in [2.45, 2.75) is 6.36 Å². The van der Waals surface area contributed by atoms with Crippen molar-refractivity contribution in [3.63, 3.8) is 0 Å². The van der Waals surface area contributed by atoms with Crippen molar-refractivity contribution in [2.24, 2.45) is 0 Å². The number of alkyl halides is 3. The summed E-state index contributed by atoms with van der Waals surface area (Å²) in [6.45, 7) is 0. The van der Waals surface area contributed by atoms with Gasteiger partial charge >= 0.3 is 6.36 Å². The van der Waals surface area contributed by atoms with E-state index in [4.69, 9.17) is 23.2 Å². The Balaban J connectivity index is 3.10. The molecule has 0 aliphatic carbocycles. The zero-order valence-corrected chi connectivity index (χ0v) is 8.32. The van der Waals surface area contributed by atoms with Crippen LogP contribution in [0.3, 0.4) is 0 Å². The van der Waals surface area contributed by atoms with E-state index in [1.165, 1.54) is 0 Å². The van der Waals surface area contributed by atoms with Gasteiger partial charge in [-0.3, -0.25) is 4.79 Å². The molecule has 0 aliphatic heterocycles. The summed E-state index contributed by atoms with van der Waals surface area (Å²) < 4.78 is 38.9. The first-order chi connectivity index (χ1) is 6.81. The summed E-state index contributed by atoms with van der Waals surface area (Å²) in [4.78, 5) is 13.9. The highest BCUT2D eigenvalue weighted by Gasteiger charge is 2.33. The highest BCUT2D eigenvalue weighted by atomic mass is 35.5. The molecule has 0 fully saturated rings. The molecule has 3 nitrogen and oxygen atoms in total. The summed E-state index contributed by atoms with van der Waals surface area (Å²) in [7, 11) is 0. The third-order valence-corrected chi connectivity index (χ3v) is 1.85. The molecule has 0 amide bonds. The standard InChI is InChI=1S/C7H2Cl2F3NO2/c8-4-3(5(9)14)1-2-13-6(4)15-7(10,11)12/h1-2H. The Morgan fingerprint density at radius 2 is 2.07 bits per heavy atom. The summed E-state index contributed by atoms with van der Waals surface area (Å²) in [5.41, 5.74) is -0.299. The maximum Gasteiger partial charge on any atom is 0.574 e. The van der Waals surface area contributed by atoms with Gasteiger partial charge in [0.25, 0.3) is 5.24 Å². The number of pyridine rings is 1. The average molecular weight is 260 g/mol. The second-order valence-corrected chi connectivity index (χ2v) is 3.02. The molecule has 0 saturated carbocycles. The van der Waals surface area contributed by atoms with Crippen molar-refractivity contribution >= 4 is 28.4 Å². The van der Waals surface area contributed by atoms with Gasteiger partial charge in [-0.05, 0) is 17.7 Å². The first-order valence-electron chi connectivity index (χ1n) is 3.41. The van der Waals surface area contributed by atoms with Crippen LogP contribution in [0.15, 0.2) is 12.3 Å². The van der Waals surface area contributed by atoms with Crippen LogP contribution in [0.25, 0.3) is 0 Å². The molecule has 0 radical (unpaired) electrons. The fraction of sp³-hybridized carbons (Fsp3) is 0.143. The highest BCUT2D eigenvalue weighted by molar-refractivity contribution is 6.68. The lowest BCUT2D eigenvalue weighted by molar-refractivity contribution is -0.276. The molecule has 0 spiro atoms. The Morgan fingerprint density at radius 1 is 1.47 bits per heavy atom. The van der Waals surface area contributed by atoms with E-state index in [9.17, 15) is 18.0 Å². The maximum atomic E-state index is 11.8. The Morgan fingerprint density at radius 3 is 2.53 bits per heavy atom. The minimum absolute atomic E-state index is 0.299. The van der Waals surface area contributed by atoms with Gasteiger partial charge in [0, 0.05) is 6.20 Å². The van der Waals surface area contributed by atoms with Crippen molar-refractivity contribution in [3.8, 4) is 5.88 Å². The molecular formula is C7H2Cl2F3NO2. The number of aromatic nitrogens is 1. The molecule has 0 N–H and O–H groups in total. The van der Waals surface area contributed by atoms with Gasteiger partial charge in [0.05, 0.1) is 5.56 Å². The fourth-order valence-corrected chi connectivity index (χ4v) is 1.20. The van der Waals surface area contributed by atoms with Gasteiger partial charge in [0.2, 0.25) is 5.88 Å². The molecule has 0 atom stereocenters. The molecular weight excluding hydrogens is 258 g/mol. The number of rotatable bonds is 2. The number of carbonyl (C=O) groups is 1. The third kappa shape index (κ3) is 3.24. The predicted octanol–water partition coefficient (Wildman–Crippen LogP) is 3.01. The monoisotopic (exact) mass is 259 g/mol. The lowest BCUT2D eigenvalue weighted by Gasteiger charge is -2.09. The summed E-state index contributed by atoms with van der Waals surface area (Å²) >= 11 is 10.5. The van der Waals surface area contributed by atoms with Crippen LogP contribution in [0.5, 0.6) is 5.88 Å². The highest BCUT2D eigenvalue weighted by Crippen LogP contribution is 2.30. The molecule has 1 aromatic heterocycles. The number of carbonyl (C=O) groups excluding carboxylic acids is 1. The van der Waals surface area contributed by atoms with Crippen LogP contribution in [0, 0.1) is 0 Å². The van der Waals surface area contributed by atoms with Gasteiger partial charge in [-0.15, -0.1) is 13.2 Å². The Kier molecular flexibility index (Phi) is 3.41. The van der Waals surface area contributed by atoms with Crippen LogP contribution in [0.1, 0.15) is 10.4 Å². The Labute approximate surface area is 91.8 Å². The Bertz CT molecular complexity index is 394. The second kappa shape index (κ2) is 4.24. The summed E-state index contributed by atoms with van der Waals surface area (Å²) in [5, 5.41) is -1.57. The van der Waals surface area contributed by atoms with Crippen LogP contribution in [0.2, 0.25) is 5.02 Å². The van der Waals surface area contributed by atoms with Crippen LogP contribution in [0.4, 0.5) is 13.2 Å². The smallest absolute Gasteiger partial charge is 0.386 e. The van der Waals surface area contributed by atoms with Gasteiger partial charge in [-0.2, -0.15) is 0 Å². The lowest BCUT2D eigenvalue weighted by atomic mass is 10.3. The SMILES string of the molecule is O=C(Cl)c1ccnc(OC(F)(F)F)c1Cl. The molecule has 0 aliphatic rings. The average Bonchev–Trinajstić information content (AvgIpc) is 2.05. The van der Waals surface area contributed by atoms with E-state index in [1.807, 2.05) is 0 Å².